The number of amides is 1. The lowest BCUT2D eigenvalue weighted by Crippen LogP contribution is -2.34. The number of alkyl halides is 6. The fraction of sp³-hybridized carbons (Fsp3) is 0.188. The molecule has 134 valence electrons. The molecule has 2 rings (SSSR count). The molecule has 3 nitrogen and oxygen atoms in total. The van der Waals surface area contributed by atoms with Crippen molar-refractivity contribution in [3.8, 4) is 11.5 Å². The predicted octanol–water partition coefficient (Wildman–Crippen LogP) is 4.79. The van der Waals surface area contributed by atoms with Gasteiger partial charge in [-0.15, -0.1) is 0 Å². The van der Waals surface area contributed by atoms with Crippen molar-refractivity contribution in [2.45, 2.75) is 18.3 Å². The zero-order chi connectivity index (χ0) is 18.8. The van der Waals surface area contributed by atoms with Crippen LogP contribution < -0.4 is 10.5 Å². The Kier molecular flexibility index (Phi) is 4.96. The molecule has 0 atom stereocenters. The summed E-state index contributed by atoms with van der Waals surface area (Å²) in [4.78, 5) is 10.9. The van der Waals surface area contributed by atoms with Crippen LogP contribution in [0.1, 0.15) is 21.8 Å². The summed E-state index contributed by atoms with van der Waals surface area (Å²) >= 11 is 0. The normalized spacial score (nSPS) is 12.3. The van der Waals surface area contributed by atoms with Gasteiger partial charge in [0.1, 0.15) is 11.5 Å². The molecule has 0 heterocycles. The number of carbonyl (C=O) groups excluding carboxylic acids is 1. The van der Waals surface area contributed by atoms with Crippen LogP contribution in [0.3, 0.4) is 0 Å². The fourth-order valence-electron chi connectivity index (χ4n) is 2.12. The number of rotatable bonds is 4. The number of carbonyl (C=O) groups is 1. The molecule has 0 saturated carbocycles. The maximum Gasteiger partial charge on any atom is 0.404 e. The Morgan fingerprint density at radius 1 is 0.800 bits per heavy atom. The molecule has 0 aliphatic rings. The molecule has 9 heteroatoms. The number of hydrogen-bond donors (Lipinski definition) is 1. The maximum atomic E-state index is 12.7. The first kappa shape index (κ1) is 18.6. The summed E-state index contributed by atoms with van der Waals surface area (Å²) in [6, 6.07) is 8.94. The monoisotopic (exact) mass is 363 g/mol. The highest BCUT2D eigenvalue weighted by atomic mass is 19.4. The number of benzene rings is 2. The Morgan fingerprint density at radius 3 is 1.56 bits per heavy atom. The first-order valence-corrected chi connectivity index (χ1v) is 6.79. The Bertz CT molecular complexity index is 721. The quantitative estimate of drug-likeness (QED) is 0.795. The number of nitrogens with two attached hydrogens (primary N) is 1. The summed E-state index contributed by atoms with van der Waals surface area (Å²) in [6.07, 6.45) is -10.9. The van der Waals surface area contributed by atoms with Gasteiger partial charge in [-0.05, 0) is 42.0 Å². The predicted molar refractivity (Wildman–Crippen MR) is 76.3 cm³/mol. The third kappa shape index (κ3) is 4.65. The van der Waals surface area contributed by atoms with Crippen molar-refractivity contribution >= 4 is 5.91 Å². The van der Waals surface area contributed by atoms with E-state index in [2.05, 4.69) is 0 Å². The fourth-order valence-corrected chi connectivity index (χ4v) is 2.12. The molecule has 0 aromatic heterocycles. The van der Waals surface area contributed by atoms with E-state index in [1.165, 1.54) is 24.3 Å². The molecule has 25 heavy (non-hydrogen) atoms. The molecule has 0 spiro atoms. The lowest BCUT2D eigenvalue weighted by Gasteiger charge is -2.23. The molecule has 0 saturated heterocycles. The second kappa shape index (κ2) is 6.66. The number of halogens is 6. The van der Waals surface area contributed by atoms with Crippen LogP contribution in [0.5, 0.6) is 11.5 Å². The van der Waals surface area contributed by atoms with Gasteiger partial charge in [0.25, 0.3) is 0 Å². The summed E-state index contributed by atoms with van der Waals surface area (Å²) in [6.45, 7) is 0. The van der Waals surface area contributed by atoms with Crippen molar-refractivity contribution in [3.63, 3.8) is 0 Å². The van der Waals surface area contributed by atoms with Gasteiger partial charge in [0.05, 0.1) is 0 Å². The highest BCUT2D eigenvalue weighted by molar-refractivity contribution is 5.92. The molecule has 2 aromatic carbocycles. The summed E-state index contributed by atoms with van der Waals surface area (Å²) in [5.41, 5.74) is 4.36. The van der Waals surface area contributed by atoms with Crippen molar-refractivity contribution in [2.75, 3.05) is 0 Å². The van der Waals surface area contributed by atoms with Gasteiger partial charge in [-0.25, -0.2) is 0 Å². The molecule has 1 amide bonds. The Labute approximate surface area is 138 Å². The summed E-state index contributed by atoms with van der Waals surface area (Å²) in [5.74, 6) is -3.94. The molecular formula is C16H11F6NO2. The topological polar surface area (TPSA) is 52.3 Å². The van der Waals surface area contributed by atoms with Gasteiger partial charge in [0.2, 0.25) is 5.91 Å². The van der Waals surface area contributed by atoms with Crippen molar-refractivity contribution in [3.05, 3.63) is 59.7 Å². The molecule has 0 bridgehead atoms. The number of hydrogen-bond acceptors (Lipinski definition) is 2. The van der Waals surface area contributed by atoms with E-state index in [-0.39, 0.29) is 17.1 Å². The molecule has 0 aliphatic carbocycles. The molecule has 0 aliphatic heterocycles. The minimum Gasteiger partial charge on any atom is -0.457 e. The molecule has 0 radical (unpaired) electrons. The Morgan fingerprint density at radius 2 is 1.20 bits per heavy atom. The van der Waals surface area contributed by atoms with E-state index in [1.807, 2.05) is 0 Å². The van der Waals surface area contributed by atoms with Gasteiger partial charge in [0.15, 0.2) is 5.92 Å². The molecule has 2 aromatic rings. The van der Waals surface area contributed by atoms with Gasteiger partial charge >= 0.3 is 12.4 Å². The number of primary amides is 1. The van der Waals surface area contributed by atoms with Crippen LogP contribution in [0.25, 0.3) is 0 Å². The van der Waals surface area contributed by atoms with E-state index in [0.29, 0.717) is 12.1 Å². The van der Waals surface area contributed by atoms with Crippen LogP contribution in [0.15, 0.2) is 48.5 Å². The van der Waals surface area contributed by atoms with E-state index < -0.39 is 29.7 Å². The third-order valence-corrected chi connectivity index (χ3v) is 3.24. The van der Waals surface area contributed by atoms with Crippen molar-refractivity contribution in [1.82, 2.24) is 0 Å². The van der Waals surface area contributed by atoms with Crippen molar-refractivity contribution < 1.29 is 35.9 Å². The van der Waals surface area contributed by atoms with Gasteiger partial charge in [-0.2, -0.15) is 26.3 Å². The molecule has 2 N–H and O–H groups in total. The van der Waals surface area contributed by atoms with Crippen LogP contribution in [0.4, 0.5) is 26.3 Å². The van der Waals surface area contributed by atoms with Crippen LogP contribution in [0, 0.1) is 0 Å². The first-order valence-electron chi connectivity index (χ1n) is 6.79. The highest BCUT2D eigenvalue weighted by Crippen LogP contribution is 2.46. The summed E-state index contributed by atoms with van der Waals surface area (Å²) < 4.78 is 81.3. The van der Waals surface area contributed by atoms with E-state index in [1.54, 1.807) is 0 Å². The van der Waals surface area contributed by atoms with Gasteiger partial charge in [0, 0.05) is 5.56 Å². The zero-order valence-electron chi connectivity index (χ0n) is 12.4. The molecular weight excluding hydrogens is 352 g/mol. The Balaban J connectivity index is 2.20. The average molecular weight is 363 g/mol. The van der Waals surface area contributed by atoms with Crippen LogP contribution in [-0.4, -0.2) is 18.3 Å². The second-order valence-electron chi connectivity index (χ2n) is 5.08. The largest absolute Gasteiger partial charge is 0.457 e. The van der Waals surface area contributed by atoms with Crippen LogP contribution in [-0.2, 0) is 0 Å². The first-order chi connectivity index (χ1) is 11.5. The standard InChI is InChI=1S/C16H11F6NO2/c17-15(18,19)13(16(20,21)22)9-1-5-11(6-2-9)25-12-7-3-10(4-8-12)14(23)24/h1-8,13H,(H2,23,24). The number of ether oxygens (including phenoxy) is 1. The van der Waals surface area contributed by atoms with Crippen LogP contribution >= 0.6 is 0 Å². The SMILES string of the molecule is NC(=O)c1ccc(Oc2ccc(C(C(F)(F)F)C(F)(F)F)cc2)cc1. The highest BCUT2D eigenvalue weighted by Gasteiger charge is 2.57. The summed E-state index contributed by atoms with van der Waals surface area (Å²) in [5, 5.41) is 0. The third-order valence-electron chi connectivity index (χ3n) is 3.24. The van der Waals surface area contributed by atoms with Gasteiger partial charge in [-0.3, -0.25) is 4.79 Å². The average Bonchev–Trinajstić information content (AvgIpc) is 2.47. The minimum atomic E-state index is -5.45. The molecule has 0 unspecified atom stereocenters. The zero-order valence-corrected chi connectivity index (χ0v) is 12.4. The second-order valence-corrected chi connectivity index (χ2v) is 5.08. The Hall–Kier alpha value is -2.71. The van der Waals surface area contributed by atoms with E-state index in [4.69, 9.17) is 10.5 Å². The summed E-state index contributed by atoms with van der Waals surface area (Å²) in [7, 11) is 0. The lowest BCUT2D eigenvalue weighted by atomic mass is 9.98. The molecule has 0 fully saturated rings. The minimum absolute atomic E-state index is 0.0404. The van der Waals surface area contributed by atoms with E-state index in [9.17, 15) is 31.1 Å². The van der Waals surface area contributed by atoms with Gasteiger partial charge in [-0.1, -0.05) is 12.1 Å². The lowest BCUT2D eigenvalue weighted by molar-refractivity contribution is -0.253. The van der Waals surface area contributed by atoms with Crippen molar-refractivity contribution in [2.24, 2.45) is 5.73 Å². The van der Waals surface area contributed by atoms with Crippen molar-refractivity contribution in [1.29, 1.82) is 0 Å². The van der Waals surface area contributed by atoms with E-state index in [0.717, 1.165) is 12.1 Å². The smallest absolute Gasteiger partial charge is 0.404 e. The van der Waals surface area contributed by atoms with Crippen LogP contribution in [0.2, 0.25) is 0 Å². The van der Waals surface area contributed by atoms with E-state index >= 15 is 0 Å². The van der Waals surface area contributed by atoms with Gasteiger partial charge < -0.3 is 10.5 Å². The maximum absolute atomic E-state index is 12.7.